The molecule has 296 valence electrons. The van der Waals surface area contributed by atoms with E-state index in [1.807, 2.05) is 24.4 Å². The number of hydrogen-bond donors (Lipinski definition) is 2. The van der Waals surface area contributed by atoms with Crippen LogP contribution < -0.4 is 20.4 Å². The van der Waals surface area contributed by atoms with E-state index in [2.05, 4.69) is 64.0 Å². The lowest BCUT2D eigenvalue weighted by Crippen LogP contribution is -2.49. The first-order valence-electron chi connectivity index (χ1n) is 20.0. The van der Waals surface area contributed by atoms with Crippen LogP contribution in [0, 0.1) is 28.6 Å². The molecule has 3 saturated heterocycles. The number of anilines is 3. The number of nitrogens with one attached hydrogen (secondary N) is 2. The first-order chi connectivity index (χ1) is 28.3. The molecule has 9 rings (SSSR count). The molecule has 1 saturated carbocycles. The molecule has 5 aromatic rings. The van der Waals surface area contributed by atoms with E-state index in [1.165, 1.54) is 17.5 Å². The number of urea groups is 1. The zero-order chi connectivity index (χ0) is 39.9. The summed E-state index contributed by atoms with van der Waals surface area (Å²) in [6.45, 7) is 5.29. The second kappa shape index (κ2) is 15.7. The number of nitriles is 2. The van der Waals surface area contributed by atoms with Crippen molar-refractivity contribution in [2.45, 2.75) is 82.3 Å². The van der Waals surface area contributed by atoms with Gasteiger partial charge in [-0.1, -0.05) is 16.8 Å². The average Bonchev–Trinajstić information content (AvgIpc) is 4.06. The fourth-order valence-corrected chi connectivity index (χ4v) is 9.58. The Hall–Kier alpha value is -6.10. The molecular formula is C41H43ClN14O2. The van der Waals surface area contributed by atoms with Crippen LogP contribution >= 0.6 is 11.6 Å². The summed E-state index contributed by atoms with van der Waals surface area (Å²) in [5.41, 5.74) is 5.05. The zero-order valence-electron chi connectivity index (χ0n) is 32.1. The van der Waals surface area contributed by atoms with Crippen molar-refractivity contribution in [2.75, 3.05) is 41.3 Å². The summed E-state index contributed by atoms with van der Waals surface area (Å²) in [5.74, 6) is 1.26. The number of amides is 3. The molecule has 0 radical (unpaired) electrons. The molecule has 0 bridgehead atoms. The smallest absolute Gasteiger partial charge is 0.328 e. The summed E-state index contributed by atoms with van der Waals surface area (Å²) >= 11 is 6.72. The monoisotopic (exact) mass is 798 g/mol. The van der Waals surface area contributed by atoms with E-state index in [1.54, 1.807) is 34.7 Å². The topological polar surface area (TPSA) is 190 Å². The van der Waals surface area contributed by atoms with Gasteiger partial charge in [-0.25, -0.2) is 19.4 Å². The van der Waals surface area contributed by atoms with Gasteiger partial charge in [0.1, 0.15) is 17.8 Å². The van der Waals surface area contributed by atoms with E-state index in [0.29, 0.717) is 69.6 Å². The van der Waals surface area contributed by atoms with Crippen LogP contribution in [-0.4, -0.2) is 95.9 Å². The summed E-state index contributed by atoms with van der Waals surface area (Å²) in [7, 11) is 0. The van der Waals surface area contributed by atoms with Gasteiger partial charge in [0.2, 0.25) is 5.91 Å². The Morgan fingerprint density at radius 1 is 0.966 bits per heavy atom. The van der Waals surface area contributed by atoms with Crippen LogP contribution in [-0.2, 0) is 4.79 Å². The summed E-state index contributed by atoms with van der Waals surface area (Å²) in [4.78, 5) is 39.9. The third kappa shape index (κ3) is 7.18. The molecule has 1 aromatic carbocycles. The summed E-state index contributed by atoms with van der Waals surface area (Å²) in [6, 6.07) is 13.9. The van der Waals surface area contributed by atoms with E-state index in [4.69, 9.17) is 11.6 Å². The Balaban J connectivity index is 0.802. The normalized spacial score (nSPS) is 22.8. The Kier molecular flexibility index (Phi) is 10.1. The number of benzene rings is 1. The van der Waals surface area contributed by atoms with Crippen LogP contribution in [0.5, 0.6) is 0 Å². The maximum absolute atomic E-state index is 12.4. The third-order valence-corrected chi connectivity index (χ3v) is 12.6. The van der Waals surface area contributed by atoms with Crippen molar-refractivity contribution in [2.24, 2.45) is 5.92 Å². The van der Waals surface area contributed by atoms with Crippen LogP contribution in [0.4, 0.5) is 21.9 Å². The maximum Gasteiger partial charge on any atom is 0.328 e. The van der Waals surface area contributed by atoms with Gasteiger partial charge in [-0.05, 0) is 88.6 Å². The van der Waals surface area contributed by atoms with Crippen LogP contribution in [0.1, 0.15) is 75.5 Å². The van der Waals surface area contributed by atoms with Gasteiger partial charge in [0, 0.05) is 67.4 Å². The Morgan fingerprint density at radius 2 is 1.81 bits per heavy atom. The average molecular weight is 799 g/mol. The number of fused-ring (bicyclic) bond motifs is 2. The van der Waals surface area contributed by atoms with Gasteiger partial charge in [-0.3, -0.25) is 19.9 Å². The lowest BCUT2D eigenvalue weighted by molar-refractivity contribution is -0.120. The highest BCUT2D eigenvalue weighted by atomic mass is 35.5. The fourth-order valence-electron chi connectivity index (χ4n) is 9.30. The molecule has 2 N–H and O–H groups in total. The molecule has 4 fully saturated rings. The van der Waals surface area contributed by atoms with Gasteiger partial charge >= 0.3 is 6.03 Å². The highest BCUT2D eigenvalue weighted by Gasteiger charge is 2.42. The molecule has 3 aliphatic heterocycles. The highest BCUT2D eigenvalue weighted by Crippen LogP contribution is 2.41. The largest absolute Gasteiger partial charge is 0.368 e. The Bertz CT molecular complexity index is 2460. The molecule has 16 nitrogen and oxygen atoms in total. The number of halogens is 1. The highest BCUT2D eigenvalue weighted by molar-refractivity contribution is 6.34. The van der Waals surface area contributed by atoms with E-state index < -0.39 is 12.1 Å². The maximum atomic E-state index is 12.4. The number of carbonyl (C=O) groups excluding carboxylic acids is 2. The quantitative estimate of drug-likeness (QED) is 0.175. The van der Waals surface area contributed by atoms with E-state index in [-0.39, 0.29) is 12.3 Å². The van der Waals surface area contributed by atoms with Crippen LogP contribution in [0.15, 0.2) is 55.1 Å². The SMILES string of the molecule is C[C@H](C#N)Nc1cc(-n2ncc3cc(C#N)cnc32)ncc1-n1cc(C2CCC(CCN3CC[C@H]4[C@@H]3CCN4c3ccc(N4CCC(=O)NC4=O)c(Cl)c3)CC2)nn1. The second-order valence-electron chi connectivity index (χ2n) is 15.8. The van der Waals surface area contributed by atoms with Crippen LogP contribution in [0.3, 0.4) is 0 Å². The number of pyridine rings is 2. The molecule has 3 amide bonds. The van der Waals surface area contributed by atoms with Crippen molar-refractivity contribution in [3.63, 3.8) is 0 Å². The van der Waals surface area contributed by atoms with Gasteiger partial charge < -0.3 is 10.2 Å². The van der Waals surface area contributed by atoms with Crippen LogP contribution in [0.2, 0.25) is 5.02 Å². The Labute approximate surface area is 340 Å². The lowest BCUT2D eigenvalue weighted by Gasteiger charge is -2.31. The molecule has 4 aliphatic rings. The first-order valence-corrected chi connectivity index (χ1v) is 20.4. The number of likely N-dealkylation sites (tertiary alicyclic amines) is 1. The van der Waals surface area contributed by atoms with E-state index in [0.717, 1.165) is 74.9 Å². The lowest BCUT2D eigenvalue weighted by atomic mass is 9.79. The van der Waals surface area contributed by atoms with Crippen molar-refractivity contribution in [1.29, 1.82) is 10.5 Å². The van der Waals surface area contributed by atoms with Gasteiger partial charge in [0.15, 0.2) is 11.5 Å². The fraction of sp³-hybridized carbons (Fsp3) is 0.439. The van der Waals surface area contributed by atoms with Crippen molar-refractivity contribution in [3.8, 4) is 23.6 Å². The minimum absolute atomic E-state index is 0.260. The van der Waals surface area contributed by atoms with Gasteiger partial charge in [0.05, 0.1) is 52.3 Å². The predicted molar refractivity (Wildman–Crippen MR) is 217 cm³/mol. The van der Waals surface area contributed by atoms with Gasteiger partial charge in [0.25, 0.3) is 0 Å². The number of nitrogens with zero attached hydrogens (tertiary/aromatic N) is 12. The molecule has 17 heteroatoms. The number of imide groups is 1. The van der Waals surface area contributed by atoms with Crippen molar-refractivity contribution in [1.82, 2.24) is 45.0 Å². The minimum atomic E-state index is -0.472. The van der Waals surface area contributed by atoms with Gasteiger partial charge in [-0.2, -0.15) is 20.3 Å². The number of rotatable bonds is 10. The van der Waals surface area contributed by atoms with Crippen molar-refractivity contribution in [3.05, 3.63) is 71.4 Å². The van der Waals surface area contributed by atoms with E-state index >= 15 is 0 Å². The minimum Gasteiger partial charge on any atom is -0.368 e. The standard InChI is InChI=1S/C41H43ClN14O2/c1-25(19-43)48-32-18-38(56-40-29(22-47-56)16-27(20-44)21-46-40)45-23-37(32)55-24-33(50-51-55)28-4-2-26(3-5-28)8-12-52-13-9-36-35(52)10-14-53(36)30-6-7-34(31(42)17-30)54-15-11-39(57)49-41(54)58/h6-7,16-18,21-26,28,35-36H,2-5,8-15H2,1H3,(H,45,48)(H,49,57,58)/t25-,26?,28?,35+,36+/m1/s1. The summed E-state index contributed by atoms with van der Waals surface area (Å²) in [5, 5.41) is 39.4. The first kappa shape index (κ1) is 37.5. The third-order valence-electron chi connectivity index (χ3n) is 12.3. The molecule has 58 heavy (non-hydrogen) atoms. The molecule has 4 aromatic heterocycles. The molecule has 0 unspecified atom stereocenters. The Morgan fingerprint density at radius 3 is 2.60 bits per heavy atom. The molecular weight excluding hydrogens is 756 g/mol. The van der Waals surface area contributed by atoms with Gasteiger partial charge in [-0.15, -0.1) is 5.10 Å². The second-order valence-corrected chi connectivity index (χ2v) is 16.2. The zero-order valence-corrected chi connectivity index (χ0v) is 32.9. The number of carbonyl (C=O) groups is 2. The molecule has 3 atom stereocenters. The molecule has 1 aliphatic carbocycles. The van der Waals surface area contributed by atoms with Crippen LogP contribution in [0.25, 0.3) is 22.5 Å². The summed E-state index contributed by atoms with van der Waals surface area (Å²) < 4.78 is 3.34. The van der Waals surface area contributed by atoms with Crippen molar-refractivity contribution >= 4 is 51.6 Å². The molecule has 0 spiro atoms. The van der Waals surface area contributed by atoms with Crippen molar-refractivity contribution < 1.29 is 9.59 Å². The molecule has 7 heterocycles. The summed E-state index contributed by atoms with van der Waals surface area (Å²) in [6.07, 6.45) is 15.0. The van der Waals surface area contributed by atoms with E-state index in [9.17, 15) is 20.1 Å². The number of aromatic nitrogens is 7. The predicted octanol–water partition coefficient (Wildman–Crippen LogP) is 5.71. The number of hydrogen-bond acceptors (Lipinski definition) is 12.